The molecule has 3 N–H and O–H groups in total. The standard InChI is InChI=1S/C38H50N6O9S/c1-23-32(40-29-18-25(51-4)12-13-27(29)39-23)53-26-19-30-31(45)42-38(34(47)43-54(49,50)37(3)16-17-37)20-24(38)10-8-6-5-7-9-11-28(33(46)44(30)21-26)41-35(48)52-22-36(2)14-15-36/h8,10,12-13,18,24,26,28,30H,5-7,9,11,14-17,19-22H2,1-4H3,(H,41,48)(H,42,45)(H,43,47)/b10-8-/t24-,26-,28+,30+,38?/m1/s1. The van der Waals surface area contributed by atoms with Crippen molar-refractivity contribution in [1.29, 1.82) is 0 Å². The van der Waals surface area contributed by atoms with Crippen LogP contribution in [0.3, 0.4) is 0 Å². The van der Waals surface area contributed by atoms with E-state index in [-0.39, 0.29) is 37.3 Å². The summed E-state index contributed by atoms with van der Waals surface area (Å²) in [7, 11) is -2.43. The highest BCUT2D eigenvalue weighted by atomic mass is 32.2. The van der Waals surface area contributed by atoms with Crippen LogP contribution < -0.4 is 24.8 Å². The quantitative estimate of drug-likeness (QED) is 0.316. The van der Waals surface area contributed by atoms with Crippen molar-refractivity contribution in [1.82, 2.24) is 30.2 Å². The first kappa shape index (κ1) is 37.8. The van der Waals surface area contributed by atoms with Gasteiger partial charge in [-0.2, -0.15) is 0 Å². The van der Waals surface area contributed by atoms with Crippen molar-refractivity contribution in [3.63, 3.8) is 0 Å². The molecule has 5 atom stereocenters. The minimum atomic E-state index is -3.99. The Hall–Kier alpha value is -4.47. The third-order valence-corrected chi connectivity index (χ3v) is 13.9. The molecule has 3 saturated carbocycles. The van der Waals surface area contributed by atoms with E-state index in [1.54, 1.807) is 39.2 Å². The van der Waals surface area contributed by atoms with Crippen LogP contribution in [0.4, 0.5) is 4.79 Å². The third-order valence-electron chi connectivity index (χ3n) is 11.7. The molecular weight excluding hydrogens is 717 g/mol. The van der Waals surface area contributed by atoms with E-state index in [9.17, 15) is 27.6 Å². The van der Waals surface area contributed by atoms with E-state index >= 15 is 0 Å². The minimum absolute atomic E-state index is 0.0191. The van der Waals surface area contributed by atoms with Crippen LogP contribution in [0, 0.1) is 18.3 Å². The highest BCUT2D eigenvalue weighted by Gasteiger charge is 2.63. The average Bonchev–Trinajstić information content (AvgIpc) is 4.09. The summed E-state index contributed by atoms with van der Waals surface area (Å²) in [5, 5.41) is 5.66. The molecule has 4 amide bonds. The van der Waals surface area contributed by atoms with Crippen molar-refractivity contribution in [2.45, 2.75) is 120 Å². The molecule has 0 spiro atoms. The lowest BCUT2D eigenvalue weighted by Crippen LogP contribution is -2.58. The van der Waals surface area contributed by atoms with E-state index in [1.165, 1.54) is 4.90 Å². The summed E-state index contributed by atoms with van der Waals surface area (Å²) in [6.07, 6.45) is 8.68. The summed E-state index contributed by atoms with van der Waals surface area (Å²) < 4.78 is 44.7. The van der Waals surface area contributed by atoms with Crippen molar-refractivity contribution in [2.24, 2.45) is 11.3 Å². The topological polar surface area (TPSA) is 195 Å². The van der Waals surface area contributed by atoms with E-state index in [4.69, 9.17) is 14.2 Å². The minimum Gasteiger partial charge on any atom is -0.497 e. The number of fused-ring (bicyclic) bond motifs is 3. The molecule has 16 heteroatoms. The van der Waals surface area contributed by atoms with Gasteiger partial charge in [0.05, 0.1) is 36.0 Å². The molecule has 5 aliphatic rings. The van der Waals surface area contributed by atoms with Gasteiger partial charge in [0.25, 0.3) is 5.91 Å². The molecule has 2 aliphatic heterocycles. The lowest BCUT2D eigenvalue weighted by atomic mass is 10.0. The fourth-order valence-electron chi connectivity index (χ4n) is 7.23. The normalized spacial score (nSPS) is 29.3. The van der Waals surface area contributed by atoms with E-state index in [0.29, 0.717) is 54.6 Å². The molecule has 15 nitrogen and oxygen atoms in total. The lowest BCUT2D eigenvalue weighted by molar-refractivity contribution is -0.141. The van der Waals surface area contributed by atoms with Gasteiger partial charge in [-0.05, 0) is 77.3 Å². The molecule has 4 fully saturated rings. The highest BCUT2D eigenvalue weighted by molar-refractivity contribution is 7.91. The summed E-state index contributed by atoms with van der Waals surface area (Å²) >= 11 is 0. The molecule has 3 aliphatic carbocycles. The van der Waals surface area contributed by atoms with Crippen molar-refractivity contribution in [2.75, 3.05) is 20.3 Å². The number of aryl methyl sites for hydroxylation is 1. The molecule has 1 aromatic carbocycles. The van der Waals surface area contributed by atoms with Crippen LogP contribution in [-0.4, -0.2) is 95.8 Å². The van der Waals surface area contributed by atoms with E-state index in [1.807, 2.05) is 19.1 Å². The first-order valence-corrected chi connectivity index (χ1v) is 20.4. The second-order valence-corrected chi connectivity index (χ2v) is 18.5. The fourth-order valence-corrected chi connectivity index (χ4v) is 8.54. The molecule has 1 unspecified atom stereocenters. The Kier molecular flexibility index (Phi) is 10.0. The second-order valence-electron chi connectivity index (χ2n) is 16.3. The number of nitrogens with one attached hydrogen (secondary N) is 3. The van der Waals surface area contributed by atoms with E-state index < -0.39 is 68.2 Å². The molecule has 1 aromatic heterocycles. The average molecular weight is 767 g/mol. The van der Waals surface area contributed by atoms with Gasteiger partial charge in [0.15, 0.2) is 0 Å². The molecule has 7 rings (SSSR count). The number of carbonyl (C=O) groups is 4. The van der Waals surface area contributed by atoms with Crippen LogP contribution in [0.25, 0.3) is 11.0 Å². The summed E-state index contributed by atoms with van der Waals surface area (Å²) in [5.41, 5.74) is 0.121. The van der Waals surface area contributed by atoms with Gasteiger partial charge in [0, 0.05) is 23.8 Å². The van der Waals surface area contributed by atoms with Crippen LogP contribution >= 0.6 is 0 Å². The van der Waals surface area contributed by atoms with Gasteiger partial charge in [-0.15, -0.1) is 0 Å². The van der Waals surface area contributed by atoms with Gasteiger partial charge in [-0.25, -0.2) is 23.2 Å². The number of hydrogen-bond acceptors (Lipinski definition) is 11. The van der Waals surface area contributed by atoms with Crippen molar-refractivity contribution < 1.29 is 41.8 Å². The fraction of sp³-hybridized carbons (Fsp3) is 0.632. The van der Waals surface area contributed by atoms with Crippen LogP contribution in [0.2, 0.25) is 0 Å². The number of allylic oxidation sites excluding steroid dienone is 1. The predicted octanol–water partition coefficient (Wildman–Crippen LogP) is 3.58. The number of benzene rings is 1. The molecular formula is C38H50N6O9S. The Labute approximate surface area is 315 Å². The Morgan fingerprint density at radius 2 is 1.83 bits per heavy atom. The highest BCUT2D eigenvalue weighted by Crippen LogP contribution is 2.48. The first-order chi connectivity index (χ1) is 25.6. The Morgan fingerprint density at radius 1 is 1.06 bits per heavy atom. The van der Waals surface area contributed by atoms with Crippen LogP contribution in [0.15, 0.2) is 30.4 Å². The third kappa shape index (κ3) is 7.85. The van der Waals surface area contributed by atoms with Crippen molar-refractivity contribution in [3.05, 3.63) is 36.0 Å². The summed E-state index contributed by atoms with van der Waals surface area (Å²) in [6, 6.07) is 3.21. The molecule has 292 valence electrons. The number of rotatable bonds is 9. The van der Waals surface area contributed by atoms with Crippen LogP contribution in [0.5, 0.6) is 11.6 Å². The molecule has 2 aromatic rings. The SMILES string of the molecule is COc1ccc2nc(C)c(O[C@@H]3C[C@H]4C(=O)NC5(C(=O)NS(=O)(=O)C6(C)CC6)C[C@H]5/C=C\CCCCC[C@H](NC(=O)OCC5(C)CC5)C(=O)N4C3)nc2c1. The molecule has 3 heterocycles. The Bertz CT molecular complexity index is 1980. The number of nitrogens with zero attached hydrogens (tertiary/aromatic N) is 3. The molecule has 0 radical (unpaired) electrons. The number of alkyl carbamates (subject to hydrolysis) is 1. The second kappa shape index (κ2) is 14.3. The van der Waals surface area contributed by atoms with Crippen molar-refractivity contribution in [3.8, 4) is 11.6 Å². The first-order valence-electron chi connectivity index (χ1n) is 18.9. The zero-order valence-electron chi connectivity index (χ0n) is 31.3. The lowest BCUT2D eigenvalue weighted by Gasteiger charge is -2.30. The zero-order valence-corrected chi connectivity index (χ0v) is 32.1. The smallest absolute Gasteiger partial charge is 0.407 e. The van der Waals surface area contributed by atoms with Gasteiger partial charge in [-0.3, -0.25) is 19.1 Å². The summed E-state index contributed by atoms with van der Waals surface area (Å²) in [5.74, 6) is -1.52. The van der Waals surface area contributed by atoms with Crippen LogP contribution in [-0.2, 0) is 29.1 Å². The number of methoxy groups -OCH3 is 1. The number of ether oxygens (including phenoxy) is 3. The number of sulfonamides is 1. The van der Waals surface area contributed by atoms with Crippen LogP contribution in [0.1, 0.15) is 90.2 Å². The van der Waals surface area contributed by atoms with E-state index in [2.05, 4.69) is 25.3 Å². The Morgan fingerprint density at radius 3 is 2.56 bits per heavy atom. The van der Waals surface area contributed by atoms with E-state index in [0.717, 1.165) is 25.7 Å². The van der Waals surface area contributed by atoms with Gasteiger partial charge in [0.1, 0.15) is 35.2 Å². The molecule has 1 saturated heterocycles. The summed E-state index contributed by atoms with van der Waals surface area (Å²) in [6.45, 7) is 5.61. The number of aromatic nitrogens is 2. The largest absolute Gasteiger partial charge is 0.497 e. The summed E-state index contributed by atoms with van der Waals surface area (Å²) in [4.78, 5) is 66.4. The maximum Gasteiger partial charge on any atom is 0.407 e. The predicted molar refractivity (Wildman–Crippen MR) is 197 cm³/mol. The number of amides is 4. The number of carbonyl (C=O) groups excluding carboxylic acids is 4. The van der Waals surface area contributed by atoms with Gasteiger partial charge < -0.3 is 29.7 Å². The van der Waals surface area contributed by atoms with Gasteiger partial charge >= 0.3 is 6.09 Å². The van der Waals surface area contributed by atoms with Crippen molar-refractivity contribution >= 4 is 44.9 Å². The maximum atomic E-state index is 14.5. The maximum absolute atomic E-state index is 14.5. The van der Waals surface area contributed by atoms with Gasteiger partial charge in [-0.1, -0.05) is 31.9 Å². The molecule has 0 bridgehead atoms. The van der Waals surface area contributed by atoms with Gasteiger partial charge in [0.2, 0.25) is 27.7 Å². The number of hydrogen-bond donors (Lipinski definition) is 3. The zero-order chi connectivity index (χ0) is 38.5. The Balaban J connectivity index is 1.17. The monoisotopic (exact) mass is 766 g/mol. The molecule has 54 heavy (non-hydrogen) atoms.